The second-order valence-corrected chi connectivity index (χ2v) is 18.0. The van der Waals surface area contributed by atoms with Crippen molar-refractivity contribution in [2.24, 2.45) is 5.41 Å². The molecule has 0 radical (unpaired) electrons. The quantitative estimate of drug-likeness (QED) is 0.0772. The first-order valence-electron chi connectivity index (χ1n) is 22.2. The zero-order valence-corrected chi connectivity index (χ0v) is 38.2. The Hall–Kier alpha value is -7.04. The fourth-order valence-electron chi connectivity index (χ4n) is 10.2. The Labute approximate surface area is 379 Å². The van der Waals surface area contributed by atoms with Crippen LogP contribution in [0, 0.1) is 19.3 Å². The number of aryl methyl sites for hydroxylation is 2. The lowest BCUT2D eigenvalue weighted by atomic mass is 9.67. The standard InChI is InChI=1S/C60H58O4/c1-9-47(62)32-26-40(4)59(52-22-14-10-18-48(52)49-19-11-15-23-53(49)59)41(5)27-33-56(63)58(7,8)57(64)37-44-29-31-46(35-39(44)3)60(45-30-28-43(36-42(6)61)38(2)34-45)54-24-16-12-20-50(54)51-21-13-17-25-55(51)60/h10-37,61-64H,9H2,1-8H3/b40-26+,41-27+,42-36+,47-32+,56-33+,57-37+. The average Bonchev–Trinajstić information content (AvgIpc) is 3.77. The minimum absolute atomic E-state index is 0.0259. The lowest BCUT2D eigenvalue weighted by Crippen LogP contribution is -2.29. The molecule has 0 spiro atoms. The smallest absolute Gasteiger partial charge is 0.106 e. The minimum Gasteiger partial charge on any atom is -0.513 e. The van der Waals surface area contributed by atoms with Crippen molar-refractivity contribution in [3.8, 4) is 22.3 Å². The van der Waals surface area contributed by atoms with Crippen LogP contribution in [0.5, 0.6) is 0 Å². The van der Waals surface area contributed by atoms with Crippen molar-refractivity contribution in [2.75, 3.05) is 0 Å². The van der Waals surface area contributed by atoms with Gasteiger partial charge in [-0.2, -0.15) is 0 Å². The predicted molar refractivity (Wildman–Crippen MR) is 266 cm³/mol. The zero-order valence-electron chi connectivity index (χ0n) is 38.2. The van der Waals surface area contributed by atoms with E-state index in [-0.39, 0.29) is 17.3 Å². The van der Waals surface area contributed by atoms with E-state index in [1.807, 2.05) is 32.9 Å². The topological polar surface area (TPSA) is 80.9 Å². The molecule has 4 nitrogen and oxygen atoms in total. The van der Waals surface area contributed by atoms with Gasteiger partial charge in [0.05, 0.1) is 27.8 Å². The van der Waals surface area contributed by atoms with Crippen LogP contribution >= 0.6 is 0 Å². The van der Waals surface area contributed by atoms with E-state index in [4.69, 9.17) is 0 Å². The van der Waals surface area contributed by atoms with Crippen molar-refractivity contribution in [3.05, 3.63) is 248 Å². The Morgan fingerprint density at radius 1 is 0.500 bits per heavy atom. The summed E-state index contributed by atoms with van der Waals surface area (Å²) in [5, 5.41) is 44.4. The van der Waals surface area contributed by atoms with E-state index in [2.05, 4.69) is 161 Å². The van der Waals surface area contributed by atoms with Gasteiger partial charge in [-0.25, -0.2) is 0 Å². The van der Waals surface area contributed by atoms with E-state index in [1.165, 1.54) is 22.3 Å². The van der Waals surface area contributed by atoms with Crippen LogP contribution in [-0.4, -0.2) is 20.4 Å². The van der Waals surface area contributed by atoms with Gasteiger partial charge >= 0.3 is 0 Å². The maximum atomic E-state index is 11.9. The Bertz CT molecular complexity index is 2900. The van der Waals surface area contributed by atoms with Crippen LogP contribution in [0.15, 0.2) is 192 Å². The number of aliphatic hydroxyl groups excluding tert-OH is 4. The molecule has 0 fully saturated rings. The van der Waals surface area contributed by atoms with Gasteiger partial charge in [0, 0.05) is 6.42 Å². The van der Waals surface area contributed by atoms with Crippen LogP contribution in [-0.2, 0) is 10.8 Å². The van der Waals surface area contributed by atoms with Crippen molar-refractivity contribution >= 4 is 12.2 Å². The average molecular weight is 843 g/mol. The third-order valence-corrected chi connectivity index (χ3v) is 13.8. The fourth-order valence-corrected chi connectivity index (χ4v) is 10.2. The van der Waals surface area contributed by atoms with Crippen LogP contribution in [0.1, 0.15) is 104 Å². The van der Waals surface area contributed by atoms with Gasteiger partial charge in [0.15, 0.2) is 0 Å². The highest BCUT2D eigenvalue weighted by atomic mass is 16.3. The second-order valence-electron chi connectivity index (χ2n) is 18.0. The highest BCUT2D eigenvalue weighted by molar-refractivity contribution is 5.87. The Balaban J connectivity index is 1.19. The number of fused-ring (bicyclic) bond motifs is 6. The maximum Gasteiger partial charge on any atom is 0.106 e. The van der Waals surface area contributed by atoms with Crippen molar-refractivity contribution in [1.82, 2.24) is 0 Å². The number of hydrogen-bond donors (Lipinski definition) is 4. The van der Waals surface area contributed by atoms with Crippen LogP contribution in [0.2, 0.25) is 0 Å². The summed E-state index contributed by atoms with van der Waals surface area (Å²) in [6.07, 6.45) is 11.6. The molecule has 4 heteroatoms. The van der Waals surface area contributed by atoms with Crippen LogP contribution in [0.25, 0.3) is 34.4 Å². The van der Waals surface area contributed by atoms with E-state index in [0.29, 0.717) is 12.2 Å². The summed E-state index contributed by atoms with van der Waals surface area (Å²) in [5.74, 6) is 0.635. The maximum absolute atomic E-state index is 11.9. The van der Waals surface area contributed by atoms with E-state index >= 15 is 0 Å². The molecule has 2 aliphatic carbocycles. The van der Waals surface area contributed by atoms with Crippen LogP contribution in [0.3, 0.4) is 0 Å². The van der Waals surface area contributed by atoms with Gasteiger partial charge < -0.3 is 20.4 Å². The van der Waals surface area contributed by atoms with E-state index < -0.39 is 16.2 Å². The Morgan fingerprint density at radius 2 is 0.906 bits per heavy atom. The molecule has 0 bridgehead atoms. The molecule has 322 valence electrons. The van der Waals surface area contributed by atoms with E-state index in [9.17, 15) is 20.4 Å². The molecule has 4 N–H and O–H groups in total. The summed E-state index contributed by atoms with van der Waals surface area (Å²) >= 11 is 0. The number of aliphatic hydroxyl groups is 4. The van der Waals surface area contributed by atoms with Gasteiger partial charge in [-0.3, -0.25) is 0 Å². The molecule has 0 heterocycles. The molecule has 64 heavy (non-hydrogen) atoms. The molecule has 0 saturated carbocycles. The minimum atomic E-state index is -1.12. The summed E-state index contributed by atoms with van der Waals surface area (Å²) in [4.78, 5) is 0. The Morgan fingerprint density at radius 3 is 1.34 bits per heavy atom. The fraction of sp³-hybridized carbons (Fsp3) is 0.200. The molecule has 6 aromatic rings. The molecule has 0 atom stereocenters. The number of rotatable bonds is 11. The van der Waals surface area contributed by atoms with Gasteiger partial charge in [-0.15, -0.1) is 0 Å². The van der Waals surface area contributed by atoms with Gasteiger partial charge in [0.1, 0.15) is 11.5 Å². The van der Waals surface area contributed by atoms with Crippen molar-refractivity contribution in [3.63, 3.8) is 0 Å². The largest absolute Gasteiger partial charge is 0.513 e. The van der Waals surface area contributed by atoms with Crippen LogP contribution in [0.4, 0.5) is 0 Å². The van der Waals surface area contributed by atoms with Crippen molar-refractivity contribution in [1.29, 1.82) is 0 Å². The number of hydrogen-bond acceptors (Lipinski definition) is 4. The SMILES string of the molecule is CC/C(O)=C\C=C(/C)C1(/C(C)=C/C=C(/O)C(C)(C)/C(O)=C\c2ccc(C3(c4ccc(/C=C(\C)O)c(C)c4)c4ccccc4-c4ccccc43)cc2C)c2ccccc2-c2ccccc21. The monoisotopic (exact) mass is 842 g/mol. The van der Waals surface area contributed by atoms with Gasteiger partial charge in [-0.1, -0.05) is 164 Å². The molecular formula is C60H58O4. The first kappa shape index (κ1) is 43.6. The molecular weight excluding hydrogens is 785 g/mol. The van der Waals surface area contributed by atoms with Gasteiger partial charge in [0.25, 0.3) is 0 Å². The third-order valence-electron chi connectivity index (χ3n) is 13.8. The Kier molecular flexibility index (Phi) is 11.5. The highest BCUT2D eigenvalue weighted by Gasteiger charge is 2.47. The lowest BCUT2D eigenvalue weighted by molar-refractivity contribution is 0.219. The molecule has 0 aliphatic heterocycles. The molecule has 2 aliphatic rings. The van der Waals surface area contributed by atoms with Crippen LogP contribution < -0.4 is 0 Å². The van der Waals surface area contributed by atoms with E-state index in [0.717, 1.165) is 66.8 Å². The number of allylic oxidation sites excluding steroid dienone is 8. The second kappa shape index (κ2) is 16.9. The molecule has 0 unspecified atom stereocenters. The first-order valence-corrected chi connectivity index (χ1v) is 22.2. The van der Waals surface area contributed by atoms with E-state index in [1.54, 1.807) is 31.2 Å². The zero-order chi connectivity index (χ0) is 45.6. The van der Waals surface area contributed by atoms with Gasteiger partial charge in [0.2, 0.25) is 0 Å². The molecule has 0 aromatic heterocycles. The summed E-state index contributed by atoms with van der Waals surface area (Å²) in [7, 11) is 0. The summed E-state index contributed by atoms with van der Waals surface area (Å²) < 4.78 is 0. The lowest BCUT2D eigenvalue weighted by Gasteiger charge is -2.35. The summed E-state index contributed by atoms with van der Waals surface area (Å²) in [6, 6.07) is 47.2. The molecule has 6 aromatic carbocycles. The molecule has 0 saturated heterocycles. The first-order chi connectivity index (χ1) is 30.7. The summed E-state index contributed by atoms with van der Waals surface area (Å²) in [5.41, 5.74) is 15.2. The normalized spacial score (nSPS) is 16.0. The predicted octanol–water partition coefficient (Wildman–Crippen LogP) is 15.7. The van der Waals surface area contributed by atoms with Crippen molar-refractivity contribution in [2.45, 2.75) is 72.6 Å². The third kappa shape index (κ3) is 7.02. The van der Waals surface area contributed by atoms with Gasteiger partial charge in [-0.05, 0) is 151 Å². The molecule has 0 amide bonds. The summed E-state index contributed by atoms with van der Waals surface area (Å²) in [6.45, 7) is 15.6. The molecule has 8 rings (SSSR count). The highest BCUT2D eigenvalue weighted by Crippen LogP contribution is 2.58. The number of benzene rings is 6. The van der Waals surface area contributed by atoms with Crippen molar-refractivity contribution < 1.29 is 20.4 Å².